The number of H-pyrrole nitrogens is 1. The van der Waals surface area contributed by atoms with Gasteiger partial charge in [0.25, 0.3) is 5.89 Å². The van der Waals surface area contributed by atoms with Crippen LogP contribution in [0.4, 0.5) is 16.3 Å². The van der Waals surface area contributed by atoms with Gasteiger partial charge in [-0.05, 0) is 45.0 Å². The molecule has 0 saturated carbocycles. The number of amides is 1. The first-order valence-corrected chi connectivity index (χ1v) is 9.72. The normalized spacial score (nSPS) is 11.0. The van der Waals surface area contributed by atoms with Gasteiger partial charge in [0.15, 0.2) is 5.82 Å². The van der Waals surface area contributed by atoms with Crippen molar-refractivity contribution in [1.82, 2.24) is 20.0 Å². The first-order chi connectivity index (χ1) is 15.0. The summed E-state index contributed by atoms with van der Waals surface area (Å²) in [7, 11) is 0. The van der Waals surface area contributed by atoms with E-state index in [-0.39, 0.29) is 11.9 Å². The van der Waals surface area contributed by atoms with E-state index in [4.69, 9.17) is 9.15 Å². The highest BCUT2D eigenvalue weighted by Gasteiger charge is 2.28. The number of carbonyl (C=O) groups excluding carboxylic acids is 1. The first kappa shape index (κ1) is 20.1. The molecule has 31 heavy (non-hydrogen) atoms. The Bertz CT molecular complexity index is 1240. The highest BCUT2D eigenvalue weighted by Crippen LogP contribution is 2.32. The van der Waals surface area contributed by atoms with E-state index < -0.39 is 11.8 Å². The summed E-state index contributed by atoms with van der Waals surface area (Å²) in [5, 5.41) is 11.4. The Balaban J connectivity index is 1.75. The van der Waals surface area contributed by atoms with Crippen LogP contribution in [0.5, 0.6) is 5.75 Å². The summed E-state index contributed by atoms with van der Waals surface area (Å²) in [4.78, 5) is 26.5. The van der Waals surface area contributed by atoms with E-state index in [2.05, 4.69) is 15.3 Å². The molecule has 0 spiro atoms. The third-order valence-electron chi connectivity index (χ3n) is 4.61. The van der Waals surface area contributed by atoms with Gasteiger partial charge in [0.1, 0.15) is 11.4 Å². The molecule has 2 aromatic heterocycles. The summed E-state index contributed by atoms with van der Waals surface area (Å²) in [5.74, 6) is 0.246. The van der Waals surface area contributed by atoms with Crippen molar-refractivity contribution in [3.8, 4) is 17.3 Å². The lowest BCUT2D eigenvalue weighted by molar-refractivity contribution is 0.210. The van der Waals surface area contributed by atoms with Crippen molar-refractivity contribution in [2.75, 3.05) is 4.90 Å². The number of aromatic amines is 1. The standard InChI is InChI=1S/C22H21N5O4/c1-14(2)27-22(29)31-20(25-27)18-15(3)19(24-23-18)26(16-10-6-4-7-11-16)21(28)30-17-12-8-5-9-13-17/h4-14H,1-3H3,(H,23,24). The van der Waals surface area contributed by atoms with Gasteiger partial charge in [0, 0.05) is 5.56 Å². The number of nitrogens with zero attached hydrogens (tertiary/aromatic N) is 4. The summed E-state index contributed by atoms with van der Waals surface area (Å²) in [5.41, 5.74) is 1.55. The van der Waals surface area contributed by atoms with Crippen LogP contribution in [0.15, 0.2) is 69.9 Å². The fraction of sp³-hybridized carbons (Fsp3) is 0.182. The summed E-state index contributed by atoms with van der Waals surface area (Å²) >= 11 is 0. The molecule has 9 heteroatoms. The van der Waals surface area contributed by atoms with Gasteiger partial charge < -0.3 is 9.15 Å². The zero-order valence-electron chi connectivity index (χ0n) is 17.3. The van der Waals surface area contributed by atoms with Crippen LogP contribution in [0.3, 0.4) is 0 Å². The minimum Gasteiger partial charge on any atom is -0.410 e. The second kappa shape index (κ2) is 8.31. The third kappa shape index (κ3) is 3.97. The largest absolute Gasteiger partial charge is 0.437 e. The molecule has 0 bridgehead atoms. The van der Waals surface area contributed by atoms with Gasteiger partial charge in [-0.25, -0.2) is 14.5 Å². The molecule has 0 atom stereocenters. The van der Waals surface area contributed by atoms with Gasteiger partial charge in [-0.1, -0.05) is 36.4 Å². The minimum absolute atomic E-state index is 0.0967. The molecule has 9 nitrogen and oxygen atoms in total. The Morgan fingerprint density at radius 3 is 2.35 bits per heavy atom. The van der Waals surface area contributed by atoms with Crippen molar-refractivity contribution in [2.24, 2.45) is 0 Å². The number of para-hydroxylation sites is 2. The lowest BCUT2D eigenvalue weighted by Crippen LogP contribution is -2.30. The van der Waals surface area contributed by atoms with Gasteiger partial charge in [0.2, 0.25) is 0 Å². The van der Waals surface area contributed by atoms with Crippen molar-refractivity contribution >= 4 is 17.6 Å². The maximum Gasteiger partial charge on any atom is 0.437 e. The predicted molar refractivity (Wildman–Crippen MR) is 115 cm³/mol. The number of rotatable bonds is 5. The number of hydrogen-bond acceptors (Lipinski definition) is 6. The van der Waals surface area contributed by atoms with E-state index in [0.717, 1.165) is 0 Å². The number of aromatic nitrogens is 4. The number of carbonyl (C=O) groups is 1. The van der Waals surface area contributed by atoms with Crippen LogP contribution in [0, 0.1) is 6.92 Å². The van der Waals surface area contributed by atoms with Crippen LogP contribution in [0.2, 0.25) is 0 Å². The van der Waals surface area contributed by atoms with E-state index in [9.17, 15) is 9.59 Å². The quantitative estimate of drug-likeness (QED) is 0.512. The number of ether oxygens (including phenoxy) is 1. The zero-order chi connectivity index (χ0) is 22.0. The maximum atomic E-state index is 13.1. The van der Waals surface area contributed by atoms with Crippen LogP contribution < -0.4 is 15.4 Å². The first-order valence-electron chi connectivity index (χ1n) is 9.72. The molecule has 0 radical (unpaired) electrons. The SMILES string of the molecule is Cc1c(N(C(=O)Oc2ccccc2)c2ccccc2)n[nH]c1-c1nn(C(C)C)c(=O)o1. The molecular weight excluding hydrogens is 398 g/mol. The fourth-order valence-corrected chi connectivity index (χ4v) is 3.06. The molecule has 4 rings (SSSR count). The highest BCUT2D eigenvalue weighted by molar-refractivity contribution is 5.97. The molecule has 4 aromatic rings. The lowest BCUT2D eigenvalue weighted by atomic mass is 10.2. The maximum absolute atomic E-state index is 13.1. The van der Waals surface area contributed by atoms with Crippen LogP contribution in [-0.4, -0.2) is 26.1 Å². The topological polar surface area (TPSA) is 106 Å². The second-order valence-electron chi connectivity index (χ2n) is 7.11. The molecule has 0 fully saturated rings. The van der Waals surface area contributed by atoms with Crippen LogP contribution in [-0.2, 0) is 0 Å². The third-order valence-corrected chi connectivity index (χ3v) is 4.61. The number of benzene rings is 2. The Morgan fingerprint density at radius 2 is 1.74 bits per heavy atom. The van der Waals surface area contributed by atoms with E-state index in [1.807, 2.05) is 38.1 Å². The molecule has 0 aliphatic heterocycles. The predicted octanol–water partition coefficient (Wildman–Crippen LogP) is 4.45. The van der Waals surface area contributed by atoms with E-state index in [0.29, 0.717) is 28.5 Å². The van der Waals surface area contributed by atoms with Crippen LogP contribution >= 0.6 is 0 Å². The van der Waals surface area contributed by atoms with Crippen molar-refractivity contribution in [1.29, 1.82) is 0 Å². The molecule has 2 aromatic carbocycles. The summed E-state index contributed by atoms with van der Waals surface area (Å²) in [6.45, 7) is 5.42. The fourth-order valence-electron chi connectivity index (χ4n) is 3.06. The Labute approximate surface area is 177 Å². The molecule has 0 saturated heterocycles. The average Bonchev–Trinajstić information content (AvgIpc) is 3.33. The molecule has 2 heterocycles. The smallest absolute Gasteiger partial charge is 0.410 e. The van der Waals surface area contributed by atoms with Crippen molar-refractivity contribution < 1.29 is 13.9 Å². The summed E-state index contributed by atoms with van der Waals surface area (Å²) in [6, 6.07) is 17.6. The van der Waals surface area contributed by atoms with Crippen molar-refractivity contribution in [2.45, 2.75) is 26.8 Å². The molecule has 1 amide bonds. The average molecular weight is 419 g/mol. The van der Waals surface area contributed by atoms with Gasteiger partial charge in [-0.3, -0.25) is 5.10 Å². The van der Waals surface area contributed by atoms with Crippen molar-refractivity contribution in [3.63, 3.8) is 0 Å². The van der Waals surface area contributed by atoms with Gasteiger partial charge in [-0.15, -0.1) is 5.10 Å². The molecular formula is C22H21N5O4. The highest BCUT2D eigenvalue weighted by atomic mass is 16.6. The van der Waals surface area contributed by atoms with E-state index in [1.165, 1.54) is 9.58 Å². The number of anilines is 2. The van der Waals surface area contributed by atoms with Crippen LogP contribution in [0.1, 0.15) is 25.5 Å². The van der Waals surface area contributed by atoms with Crippen LogP contribution in [0.25, 0.3) is 11.6 Å². The monoisotopic (exact) mass is 419 g/mol. The Kier molecular flexibility index (Phi) is 5.40. The number of hydrogen-bond donors (Lipinski definition) is 1. The Morgan fingerprint density at radius 1 is 1.10 bits per heavy atom. The molecule has 0 aliphatic rings. The van der Waals surface area contributed by atoms with Gasteiger partial charge in [-0.2, -0.15) is 9.78 Å². The lowest BCUT2D eigenvalue weighted by Gasteiger charge is -2.20. The Hall–Kier alpha value is -4.14. The van der Waals surface area contributed by atoms with E-state index in [1.54, 1.807) is 43.3 Å². The number of nitrogens with one attached hydrogen (secondary N) is 1. The molecule has 0 unspecified atom stereocenters. The second-order valence-corrected chi connectivity index (χ2v) is 7.11. The molecule has 0 aliphatic carbocycles. The minimum atomic E-state index is -0.632. The van der Waals surface area contributed by atoms with Gasteiger partial charge in [0.05, 0.1) is 11.7 Å². The summed E-state index contributed by atoms with van der Waals surface area (Å²) < 4.78 is 12.1. The van der Waals surface area contributed by atoms with E-state index >= 15 is 0 Å². The summed E-state index contributed by atoms with van der Waals surface area (Å²) in [6.07, 6.45) is -0.632. The van der Waals surface area contributed by atoms with Crippen molar-refractivity contribution in [3.05, 3.63) is 76.8 Å². The molecule has 158 valence electrons. The van der Waals surface area contributed by atoms with Gasteiger partial charge >= 0.3 is 11.8 Å². The molecule has 1 N–H and O–H groups in total. The zero-order valence-corrected chi connectivity index (χ0v) is 17.3.